The summed E-state index contributed by atoms with van der Waals surface area (Å²) in [6, 6.07) is 1.96. The van der Waals surface area contributed by atoms with Crippen molar-refractivity contribution in [3.8, 4) is 11.5 Å². The Bertz CT molecular complexity index is 501. The molecule has 0 heterocycles. The number of Topliss-reactive ketones (excluding diaryl/α,β-unsaturated/α-hetero) is 3. The quantitative estimate of drug-likeness (QED) is 0.474. The van der Waals surface area contributed by atoms with Crippen LogP contribution >= 0.6 is 0 Å². The van der Waals surface area contributed by atoms with Crippen molar-refractivity contribution in [1.29, 1.82) is 0 Å². The molecule has 0 aromatic heterocycles. The lowest BCUT2D eigenvalue weighted by Gasteiger charge is -2.13. The van der Waals surface area contributed by atoms with Crippen LogP contribution in [0.5, 0.6) is 11.5 Å². The van der Waals surface area contributed by atoms with Gasteiger partial charge in [-0.2, -0.15) is 0 Å². The van der Waals surface area contributed by atoms with Crippen LogP contribution in [0.25, 0.3) is 0 Å². The predicted molar refractivity (Wildman–Crippen MR) is 48.1 cm³/mol. The van der Waals surface area contributed by atoms with Crippen molar-refractivity contribution in [2.45, 2.75) is 6.42 Å². The lowest BCUT2D eigenvalue weighted by molar-refractivity contribution is -0.114. The summed E-state index contributed by atoms with van der Waals surface area (Å²) < 4.78 is 0. The van der Waals surface area contributed by atoms with Gasteiger partial charge in [0.25, 0.3) is 0 Å². The average molecular weight is 206 g/mol. The molecule has 0 saturated heterocycles. The maximum Gasteiger partial charge on any atom is 0.230 e. The molecule has 1 aromatic carbocycles. The van der Waals surface area contributed by atoms with Gasteiger partial charge in [0.15, 0.2) is 5.78 Å². The highest BCUT2D eigenvalue weighted by atomic mass is 16.3. The van der Waals surface area contributed by atoms with Gasteiger partial charge in [-0.25, -0.2) is 0 Å². The third-order valence-electron chi connectivity index (χ3n) is 2.20. The van der Waals surface area contributed by atoms with Crippen LogP contribution in [0.2, 0.25) is 0 Å². The van der Waals surface area contributed by atoms with E-state index in [-0.39, 0.29) is 16.9 Å². The fourth-order valence-corrected chi connectivity index (χ4v) is 1.55. The Kier molecular flexibility index (Phi) is 1.82. The highest BCUT2D eigenvalue weighted by molar-refractivity contribution is 6.51. The highest BCUT2D eigenvalue weighted by Gasteiger charge is 2.33. The molecule has 1 aliphatic carbocycles. The smallest absolute Gasteiger partial charge is 0.230 e. The first-order valence-corrected chi connectivity index (χ1v) is 4.17. The second-order valence-electron chi connectivity index (χ2n) is 3.24. The lowest BCUT2D eigenvalue weighted by atomic mass is 9.88. The van der Waals surface area contributed by atoms with E-state index in [9.17, 15) is 19.5 Å². The minimum atomic E-state index is -0.851. The van der Waals surface area contributed by atoms with Gasteiger partial charge in [-0.15, -0.1) is 0 Å². The zero-order chi connectivity index (χ0) is 11.2. The van der Waals surface area contributed by atoms with Gasteiger partial charge in [0, 0.05) is 11.6 Å². The summed E-state index contributed by atoms with van der Waals surface area (Å²) in [5, 5.41) is 18.5. The van der Waals surface area contributed by atoms with Gasteiger partial charge in [0.1, 0.15) is 11.5 Å². The van der Waals surface area contributed by atoms with Gasteiger partial charge in [0.2, 0.25) is 11.6 Å². The van der Waals surface area contributed by atoms with Crippen LogP contribution in [0.4, 0.5) is 0 Å². The highest BCUT2D eigenvalue weighted by Crippen LogP contribution is 2.31. The summed E-state index contributed by atoms with van der Waals surface area (Å²) in [5.74, 6) is -3.11. The van der Waals surface area contributed by atoms with E-state index in [1.54, 1.807) is 0 Å². The molecule has 0 amide bonds. The summed E-state index contributed by atoms with van der Waals surface area (Å²) in [7, 11) is 0. The molecule has 0 spiro atoms. The van der Waals surface area contributed by atoms with Gasteiger partial charge < -0.3 is 10.2 Å². The second kappa shape index (κ2) is 2.91. The third kappa shape index (κ3) is 1.28. The van der Waals surface area contributed by atoms with Gasteiger partial charge in [-0.05, 0) is 6.07 Å². The number of carbonyl (C=O) groups is 3. The number of hydrogen-bond acceptors (Lipinski definition) is 5. The van der Waals surface area contributed by atoms with Crippen molar-refractivity contribution < 1.29 is 24.6 Å². The first-order valence-electron chi connectivity index (χ1n) is 4.17. The van der Waals surface area contributed by atoms with Gasteiger partial charge >= 0.3 is 0 Å². The average Bonchev–Trinajstić information content (AvgIpc) is 2.12. The molecule has 1 aliphatic rings. The van der Waals surface area contributed by atoms with Crippen LogP contribution in [0.15, 0.2) is 12.1 Å². The Morgan fingerprint density at radius 3 is 2.33 bits per heavy atom. The third-order valence-corrected chi connectivity index (χ3v) is 2.20. The molecule has 0 saturated carbocycles. The number of carbonyl (C=O) groups excluding carboxylic acids is 3. The molecular weight excluding hydrogens is 200 g/mol. The van der Waals surface area contributed by atoms with Crippen LogP contribution in [-0.2, 0) is 4.79 Å². The fraction of sp³-hybridized carbons (Fsp3) is 0.100. The molecule has 76 valence electrons. The standard InChI is InChI=1S/C10H6O5/c11-4-1-5-9(6(12)2-4)7(13)3-8(14)10(5)15/h1-2,11-12H,3H2. The van der Waals surface area contributed by atoms with Crippen molar-refractivity contribution in [3.63, 3.8) is 0 Å². The van der Waals surface area contributed by atoms with Crippen molar-refractivity contribution in [2.75, 3.05) is 0 Å². The minimum absolute atomic E-state index is 0.183. The zero-order valence-corrected chi connectivity index (χ0v) is 7.48. The number of ketones is 3. The van der Waals surface area contributed by atoms with E-state index in [2.05, 4.69) is 0 Å². The van der Waals surface area contributed by atoms with E-state index in [1.165, 1.54) is 0 Å². The zero-order valence-electron chi connectivity index (χ0n) is 7.48. The predicted octanol–water partition coefficient (Wildman–Crippen LogP) is 0.436. The van der Waals surface area contributed by atoms with Crippen molar-refractivity contribution in [1.82, 2.24) is 0 Å². The van der Waals surface area contributed by atoms with E-state index in [4.69, 9.17) is 5.11 Å². The van der Waals surface area contributed by atoms with Gasteiger partial charge in [-0.3, -0.25) is 14.4 Å². The van der Waals surface area contributed by atoms with Gasteiger partial charge in [-0.1, -0.05) is 0 Å². The Hall–Kier alpha value is -2.17. The first-order chi connectivity index (χ1) is 7.00. The molecule has 0 bridgehead atoms. The van der Waals surface area contributed by atoms with E-state index >= 15 is 0 Å². The number of hydrogen-bond donors (Lipinski definition) is 2. The number of rotatable bonds is 0. The SMILES string of the molecule is O=C1CC(=O)c2c(O)cc(O)cc2C1=O. The topological polar surface area (TPSA) is 91.7 Å². The summed E-state index contributed by atoms with van der Waals surface area (Å²) in [6.07, 6.45) is -0.524. The molecule has 0 aliphatic heterocycles. The summed E-state index contributed by atoms with van der Waals surface area (Å²) in [6.45, 7) is 0. The molecule has 0 radical (unpaired) electrons. The lowest BCUT2D eigenvalue weighted by Crippen LogP contribution is -2.26. The van der Waals surface area contributed by atoms with Crippen molar-refractivity contribution in [2.24, 2.45) is 0 Å². The number of phenolic OH excluding ortho intramolecular Hbond substituents is 2. The maximum atomic E-state index is 11.4. The van der Waals surface area contributed by atoms with Crippen molar-refractivity contribution >= 4 is 17.3 Å². The molecule has 15 heavy (non-hydrogen) atoms. The molecule has 1 aromatic rings. The molecule has 0 unspecified atom stereocenters. The molecule has 5 heteroatoms. The Labute approximate surface area is 84.0 Å². The Morgan fingerprint density at radius 1 is 1.00 bits per heavy atom. The van der Waals surface area contributed by atoms with Crippen LogP contribution in [0.1, 0.15) is 27.1 Å². The second-order valence-corrected chi connectivity index (χ2v) is 3.24. The van der Waals surface area contributed by atoms with E-state index in [1.807, 2.05) is 0 Å². The molecule has 0 atom stereocenters. The van der Waals surface area contributed by atoms with Crippen LogP contribution in [0.3, 0.4) is 0 Å². The monoisotopic (exact) mass is 206 g/mol. The summed E-state index contributed by atoms with van der Waals surface area (Å²) in [5.41, 5.74) is -0.411. The first kappa shape index (κ1) is 9.39. The number of phenols is 2. The van der Waals surface area contributed by atoms with Crippen LogP contribution in [-0.4, -0.2) is 27.6 Å². The van der Waals surface area contributed by atoms with Crippen LogP contribution < -0.4 is 0 Å². The number of aromatic hydroxyl groups is 2. The molecule has 2 rings (SSSR count). The van der Waals surface area contributed by atoms with Crippen molar-refractivity contribution in [3.05, 3.63) is 23.3 Å². The van der Waals surface area contributed by atoms with E-state index in [0.717, 1.165) is 12.1 Å². The van der Waals surface area contributed by atoms with Gasteiger partial charge in [0.05, 0.1) is 12.0 Å². The Morgan fingerprint density at radius 2 is 1.67 bits per heavy atom. The molecule has 2 N–H and O–H groups in total. The number of benzene rings is 1. The normalized spacial score (nSPS) is 15.3. The largest absolute Gasteiger partial charge is 0.508 e. The summed E-state index contributed by atoms with van der Waals surface area (Å²) >= 11 is 0. The van der Waals surface area contributed by atoms with E-state index in [0.29, 0.717) is 0 Å². The maximum absolute atomic E-state index is 11.4. The summed E-state index contributed by atoms with van der Waals surface area (Å²) in [4.78, 5) is 33.8. The van der Waals surface area contributed by atoms with E-state index < -0.39 is 29.5 Å². The fourth-order valence-electron chi connectivity index (χ4n) is 1.55. The number of fused-ring (bicyclic) bond motifs is 1. The van der Waals surface area contributed by atoms with Crippen LogP contribution in [0, 0.1) is 0 Å². The molecule has 5 nitrogen and oxygen atoms in total. The molecule has 0 fully saturated rings. The molecular formula is C10H6O5. The Balaban J connectivity index is 2.76. The minimum Gasteiger partial charge on any atom is -0.508 e.